The molecule has 7 aromatic heterocycles. The van der Waals surface area contributed by atoms with Gasteiger partial charge in [0.15, 0.2) is 0 Å². The minimum atomic E-state index is -1.41. The van der Waals surface area contributed by atoms with E-state index in [1.54, 1.807) is 83.9 Å². The summed E-state index contributed by atoms with van der Waals surface area (Å²) in [5.41, 5.74) is 14.3. The number of rotatable bonds is 10. The highest BCUT2D eigenvalue weighted by atomic mass is 32.1. The number of carbonyl (C=O) groups is 7. The van der Waals surface area contributed by atoms with Gasteiger partial charge in [-0.25, -0.2) is 34.9 Å². The van der Waals surface area contributed by atoms with Gasteiger partial charge in [0.25, 0.3) is 23.6 Å². The van der Waals surface area contributed by atoms with E-state index >= 15 is 4.79 Å². The number of esters is 1. The number of nitrogens with zero attached hydrogens (tertiary/aromatic N) is 8. The van der Waals surface area contributed by atoms with Crippen molar-refractivity contribution < 1.29 is 48.1 Å². The molecule has 2 aliphatic rings. The Bertz CT molecular complexity index is 4040. The third kappa shape index (κ3) is 12.4. The third-order valence-electron chi connectivity index (χ3n) is 14.0. The molecule has 2 aliphatic heterocycles. The van der Waals surface area contributed by atoms with Crippen molar-refractivity contribution in [3.8, 4) is 49.1 Å². The van der Waals surface area contributed by atoms with E-state index in [0.29, 0.717) is 70.1 Å². The smallest absolute Gasteiger partial charge is 0.302 e. The Hall–Kier alpha value is -8.58. The van der Waals surface area contributed by atoms with Crippen molar-refractivity contribution in [2.24, 2.45) is 17.4 Å². The zero-order valence-electron chi connectivity index (χ0n) is 45.2. The molecule has 29 heteroatoms. The molecular weight excluding hydrogens is 1210 g/mol. The van der Waals surface area contributed by atoms with Crippen LogP contribution in [-0.2, 0) is 25.5 Å². The molecule has 6 amide bonds. The van der Waals surface area contributed by atoms with Gasteiger partial charge in [-0.3, -0.25) is 33.6 Å². The molecule has 9 aromatic rings. The van der Waals surface area contributed by atoms with Crippen molar-refractivity contribution in [2.45, 2.75) is 70.0 Å². The van der Waals surface area contributed by atoms with Gasteiger partial charge in [-0.2, -0.15) is 0 Å². The van der Waals surface area contributed by atoms with Crippen LogP contribution in [0.15, 0.2) is 93.6 Å². The lowest BCUT2D eigenvalue weighted by Gasteiger charge is -2.29. The molecule has 434 valence electrons. The summed E-state index contributed by atoms with van der Waals surface area (Å²) in [5.74, 6) is -4.61. The monoisotopic (exact) mass is 1260 g/mol. The number of benzene rings is 2. The van der Waals surface area contributed by atoms with E-state index in [1.807, 2.05) is 12.3 Å². The molecule has 1 fully saturated rings. The molecule has 85 heavy (non-hydrogen) atoms. The number of hydrogen-bond acceptors (Lipinski definition) is 23. The molecule has 11 rings (SSSR count). The average Bonchev–Trinajstić information content (AvgIpc) is 2.93. The number of carbonyl (C=O) groups excluding carboxylic acids is 7. The van der Waals surface area contributed by atoms with Gasteiger partial charge in [0.05, 0.1) is 37.9 Å². The Morgan fingerprint density at radius 3 is 2.05 bits per heavy atom. The fourth-order valence-corrected chi connectivity index (χ4v) is 15.1. The van der Waals surface area contributed by atoms with Crippen LogP contribution in [-0.4, -0.2) is 112 Å². The third-order valence-corrected chi connectivity index (χ3v) is 19.5. The Kier molecular flexibility index (Phi) is 16.8. The van der Waals surface area contributed by atoms with Gasteiger partial charge < -0.3 is 46.9 Å². The summed E-state index contributed by atoms with van der Waals surface area (Å²) in [6.45, 7) is 4.76. The second kappa shape index (κ2) is 24.6. The number of nitrogens with two attached hydrogens (primary N) is 2. The van der Waals surface area contributed by atoms with Crippen molar-refractivity contribution >= 4 is 109 Å². The molecule has 8 N–H and O–H groups in total. The number of thiazole rings is 6. The number of aryl methyl sites for hydroxylation is 1. The largest absolute Gasteiger partial charge is 0.497 e. The minimum Gasteiger partial charge on any atom is -0.497 e. The molecular formula is C56H49N13O10S6. The summed E-state index contributed by atoms with van der Waals surface area (Å²) in [5, 5.41) is 30.8. The number of fused-ring (bicyclic) bond motifs is 16. The first-order valence-electron chi connectivity index (χ1n) is 26.0. The second-order valence-electron chi connectivity index (χ2n) is 19.7. The van der Waals surface area contributed by atoms with Crippen LogP contribution in [0.4, 0.5) is 0 Å². The number of hydrogen-bond donors (Lipinski definition) is 6. The van der Waals surface area contributed by atoms with Crippen LogP contribution in [0.5, 0.6) is 5.75 Å². The predicted octanol–water partition coefficient (Wildman–Crippen LogP) is 7.26. The maximum absolute atomic E-state index is 15.4. The van der Waals surface area contributed by atoms with E-state index in [0.717, 1.165) is 34.0 Å². The Morgan fingerprint density at radius 2 is 1.33 bits per heavy atom. The number of pyridine rings is 1. The van der Waals surface area contributed by atoms with E-state index in [1.165, 1.54) is 64.2 Å². The number of primary amides is 2. The molecule has 10 bridgehead atoms. The highest BCUT2D eigenvalue weighted by Gasteiger charge is 2.47. The Morgan fingerprint density at radius 1 is 0.682 bits per heavy atom. The molecule has 1 saturated heterocycles. The number of aliphatic hydroxyl groups excluding tert-OH is 1. The molecule has 0 radical (unpaired) electrons. The number of aromatic nitrogens is 7. The van der Waals surface area contributed by atoms with Crippen LogP contribution in [0, 0.1) is 12.8 Å². The molecule has 0 unspecified atom stereocenters. The van der Waals surface area contributed by atoms with Crippen LogP contribution >= 0.6 is 68.0 Å². The number of nitrogens with one attached hydrogen (secondary N) is 3. The summed E-state index contributed by atoms with van der Waals surface area (Å²) in [7, 11) is 1.53. The van der Waals surface area contributed by atoms with Crippen LogP contribution in [0.1, 0.15) is 117 Å². The minimum absolute atomic E-state index is 0.00511. The normalized spacial score (nSPS) is 19.5. The lowest BCUT2D eigenvalue weighted by Crippen LogP contribution is -2.50. The van der Waals surface area contributed by atoms with Crippen molar-refractivity contribution in [1.29, 1.82) is 0 Å². The quantitative estimate of drug-likeness (QED) is 0.0733. The summed E-state index contributed by atoms with van der Waals surface area (Å²) in [6.07, 6.45) is -2.56. The van der Waals surface area contributed by atoms with E-state index in [-0.39, 0.29) is 45.8 Å². The van der Waals surface area contributed by atoms with Gasteiger partial charge in [-0.1, -0.05) is 49.4 Å². The van der Waals surface area contributed by atoms with Crippen molar-refractivity contribution in [1.82, 2.24) is 55.7 Å². The lowest BCUT2D eigenvalue weighted by atomic mass is 10.00. The first kappa shape index (κ1) is 58.2. The molecule has 23 nitrogen and oxygen atoms in total. The van der Waals surface area contributed by atoms with Crippen LogP contribution in [0.3, 0.4) is 0 Å². The maximum Gasteiger partial charge on any atom is 0.302 e. The maximum atomic E-state index is 15.4. The summed E-state index contributed by atoms with van der Waals surface area (Å²) < 4.78 is 11.3. The second-order valence-corrected chi connectivity index (χ2v) is 25.3. The molecule has 9 heterocycles. The van der Waals surface area contributed by atoms with Gasteiger partial charge in [-0.05, 0) is 42.3 Å². The predicted molar refractivity (Wildman–Crippen MR) is 319 cm³/mol. The summed E-state index contributed by atoms with van der Waals surface area (Å²) in [6, 6.07) is 14.6. The summed E-state index contributed by atoms with van der Waals surface area (Å²) in [4.78, 5) is 132. The molecule has 0 aliphatic carbocycles. The first-order chi connectivity index (χ1) is 40.9. The number of amides is 6. The number of methoxy groups -OCH3 is 1. The van der Waals surface area contributed by atoms with Crippen molar-refractivity contribution in [3.05, 3.63) is 147 Å². The fraction of sp³-hybridized carbons (Fsp3) is 0.250. The SMILES string of the molecule is COc1ccc(C[C@@H]2NC(=O)c3csc(n3)[C@H]([C@H](O)c3ccccc3)NC(=O)c3nc(sc3C)[C@H](CC(N)=O)NC(=O)c3csc(n3)-c3ccc(-c4nc(C(N)=O)cs4)nc3-c3csc(n3)-c3csc(n3)[C@@H]3[C@@H](C)[C@H](OC(C)=O)CN3C2=O)cc1. The van der Waals surface area contributed by atoms with Gasteiger partial charge in [-0.15, -0.1) is 68.0 Å². The van der Waals surface area contributed by atoms with E-state index in [2.05, 4.69) is 30.9 Å². The summed E-state index contributed by atoms with van der Waals surface area (Å²) >= 11 is 6.90. The molecule has 7 atom stereocenters. The fourth-order valence-electron chi connectivity index (χ4n) is 9.78. The van der Waals surface area contributed by atoms with Crippen molar-refractivity contribution in [3.63, 3.8) is 0 Å². The van der Waals surface area contributed by atoms with Crippen LogP contribution in [0.2, 0.25) is 0 Å². The van der Waals surface area contributed by atoms with Crippen LogP contribution in [0.25, 0.3) is 43.4 Å². The van der Waals surface area contributed by atoms with Gasteiger partial charge in [0.1, 0.15) is 99.9 Å². The average molecular weight is 1260 g/mol. The zero-order valence-corrected chi connectivity index (χ0v) is 50.1. The Balaban J connectivity index is 1.03. The number of ether oxygens (including phenoxy) is 2. The molecule has 0 saturated carbocycles. The molecule has 2 aromatic carbocycles. The molecule has 0 spiro atoms. The van der Waals surface area contributed by atoms with Crippen LogP contribution < -0.4 is 32.2 Å². The van der Waals surface area contributed by atoms with Gasteiger partial charge in [0, 0.05) is 56.6 Å². The first-order valence-corrected chi connectivity index (χ1v) is 31.2. The van der Waals surface area contributed by atoms with Gasteiger partial charge >= 0.3 is 5.97 Å². The lowest BCUT2D eigenvalue weighted by molar-refractivity contribution is -0.148. The standard InChI is InChI=1S/C56H49N13O10S6/c1-24-39(79-26(3)70)18-69-44(24)55-66-38(23-84-55)52-62-34(19-81-52)42-30(14-15-31(59-42)51-63-35(20-82-51)46(58)73)50-64-36(21-80-50)47(74)60-32(17-40(57)71)53-68-41(25(2)85-53)49(76)67-43(45(72)28-8-6-5-7-9-28)54-65-37(22-83-54)48(75)61-33(56(69)77)16-27-10-12-29(78-4)13-11-27/h5-15,19-24,32-33,39,43-45,72H,16-18H2,1-4H3,(H2,57,71)(H2,58,73)(H,60,74)(H,61,75)(H,67,76)/t24-,32-,33-,39+,43-,44-,45+/m0/s1. The van der Waals surface area contributed by atoms with E-state index in [4.69, 9.17) is 40.9 Å². The number of aliphatic hydroxyl groups is 1. The Labute approximate surface area is 507 Å². The highest BCUT2D eigenvalue weighted by Crippen LogP contribution is 2.44. The highest BCUT2D eigenvalue weighted by molar-refractivity contribution is 7.15. The zero-order chi connectivity index (χ0) is 59.8. The van der Waals surface area contributed by atoms with Gasteiger partial charge in [0.2, 0.25) is 11.8 Å². The topological polar surface area (TPSA) is 340 Å². The van der Waals surface area contributed by atoms with Crippen molar-refractivity contribution in [2.75, 3.05) is 13.7 Å². The van der Waals surface area contributed by atoms with E-state index in [9.17, 15) is 33.9 Å². The van der Waals surface area contributed by atoms with E-state index < -0.39 is 90.1 Å².